The van der Waals surface area contributed by atoms with Gasteiger partial charge in [0.2, 0.25) is 0 Å². The number of halogens is 1. The van der Waals surface area contributed by atoms with E-state index < -0.39 is 0 Å². The van der Waals surface area contributed by atoms with E-state index in [-0.39, 0.29) is 24.0 Å². The molecule has 22 heavy (non-hydrogen) atoms. The number of nitrogens with one attached hydrogen (secondary N) is 2. The normalized spacial score (nSPS) is 12.4. The van der Waals surface area contributed by atoms with Gasteiger partial charge in [0.05, 0.1) is 11.6 Å². The molecule has 1 aromatic heterocycles. The van der Waals surface area contributed by atoms with E-state index in [4.69, 9.17) is 0 Å². The summed E-state index contributed by atoms with van der Waals surface area (Å²) < 4.78 is 0. The molecule has 4 nitrogen and oxygen atoms in total. The molecule has 0 saturated carbocycles. The van der Waals surface area contributed by atoms with E-state index in [0.717, 1.165) is 24.1 Å². The first-order valence-electron chi connectivity index (χ1n) is 7.10. The second-order valence-electron chi connectivity index (χ2n) is 4.96. The van der Waals surface area contributed by atoms with E-state index in [1.807, 2.05) is 19.2 Å². The molecule has 1 atom stereocenters. The molecular formula is C16H23IN4S. The van der Waals surface area contributed by atoms with E-state index in [2.05, 4.69) is 51.8 Å². The highest BCUT2D eigenvalue weighted by Gasteiger charge is 2.06. The quantitative estimate of drug-likeness (QED) is 0.434. The standard InChI is InChI=1S/C16H22N4S.HI/c1-12(14-7-5-4-6-8-14)9-19-16(17-3)20-11-15-10-18-13(2)21-15;/h4-8,10,12H,9,11H2,1-3H3,(H2,17,19,20);1H. The van der Waals surface area contributed by atoms with Crippen LogP contribution in [0.25, 0.3) is 0 Å². The Balaban J connectivity index is 0.00000242. The van der Waals surface area contributed by atoms with E-state index in [9.17, 15) is 0 Å². The fraction of sp³-hybridized carbons (Fsp3) is 0.375. The predicted octanol–water partition coefficient (Wildman–Crippen LogP) is 3.54. The SMILES string of the molecule is CN=C(NCc1cnc(C)s1)NCC(C)c1ccccc1.I. The number of thiazole rings is 1. The average molecular weight is 430 g/mol. The Bertz CT molecular complexity index is 583. The summed E-state index contributed by atoms with van der Waals surface area (Å²) in [5.41, 5.74) is 1.33. The van der Waals surface area contributed by atoms with Crippen LogP contribution in [0.5, 0.6) is 0 Å². The summed E-state index contributed by atoms with van der Waals surface area (Å²) in [6, 6.07) is 10.5. The van der Waals surface area contributed by atoms with Gasteiger partial charge >= 0.3 is 0 Å². The van der Waals surface area contributed by atoms with Crippen LogP contribution in [0.2, 0.25) is 0 Å². The lowest BCUT2D eigenvalue weighted by atomic mass is 10.0. The van der Waals surface area contributed by atoms with Crippen molar-refractivity contribution >= 4 is 41.3 Å². The Labute approximate surface area is 153 Å². The zero-order valence-corrected chi connectivity index (χ0v) is 16.3. The first-order valence-corrected chi connectivity index (χ1v) is 7.91. The minimum Gasteiger partial charge on any atom is -0.356 e. The summed E-state index contributed by atoms with van der Waals surface area (Å²) in [6.07, 6.45) is 1.91. The van der Waals surface area contributed by atoms with E-state index in [1.54, 1.807) is 18.4 Å². The van der Waals surface area contributed by atoms with Crippen molar-refractivity contribution < 1.29 is 0 Å². The summed E-state index contributed by atoms with van der Waals surface area (Å²) in [6.45, 7) is 5.83. The van der Waals surface area contributed by atoms with Gasteiger partial charge in [-0.15, -0.1) is 35.3 Å². The molecule has 0 aliphatic rings. The lowest BCUT2D eigenvalue weighted by Crippen LogP contribution is -2.38. The number of hydrogen-bond acceptors (Lipinski definition) is 3. The number of nitrogens with zero attached hydrogens (tertiary/aromatic N) is 2. The first kappa shape index (κ1) is 18.9. The van der Waals surface area contributed by atoms with Crippen LogP contribution in [-0.4, -0.2) is 24.5 Å². The maximum atomic E-state index is 4.25. The molecule has 0 aliphatic heterocycles. The fourth-order valence-corrected chi connectivity index (χ4v) is 2.76. The third kappa shape index (κ3) is 5.92. The van der Waals surface area contributed by atoms with Gasteiger partial charge in [-0.05, 0) is 18.4 Å². The van der Waals surface area contributed by atoms with Crippen LogP contribution in [0.3, 0.4) is 0 Å². The Morgan fingerprint density at radius 1 is 1.27 bits per heavy atom. The van der Waals surface area contributed by atoms with Crippen molar-refractivity contribution in [3.63, 3.8) is 0 Å². The molecule has 1 aromatic carbocycles. The van der Waals surface area contributed by atoms with Crippen molar-refractivity contribution in [3.05, 3.63) is 52.0 Å². The van der Waals surface area contributed by atoms with Gasteiger partial charge in [-0.2, -0.15) is 0 Å². The van der Waals surface area contributed by atoms with Gasteiger partial charge in [0.1, 0.15) is 0 Å². The molecule has 0 fully saturated rings. The van der Waals surface area contributed by atoms with E-state index in [0.29, 0.717) is 5.92 Å². The highest BCUT2D eigenvalue weighted by molar-refractivity contribution is 14.0. The molecule has 6 heteroatoms. The van der Waals surface area contributed by atoms with E-state index in [1.165, 1.54) is 10.4 Å². The summed E-state index contributed by atoms with van der Waals surface area (Å²) in [5, 5.41) is 7.77. The van der Waals surface area contributed by atoms with Crippen molar-refractivity contribution in [2.24, 2.45) is 4.99 Å². The minimum atomic E-state index is 0. The molecule has 1 heterocycles. The van der Waals surface area contributed by atoms with Gasteiger partial charge in [0.15, 0.2) is 5.96 Å². The zero-order valence-electron chi connectivity index (χ0n) is 13.2. The maximum absolute atomic E-state index is 4.25. The van der Waals surface area contributed by atoms with Crippen LogP contribution in [0.15, 0.2) is 41.5 Å². The van der Waals surface area contributed by atoms with Crippen LogP contribution in [0.4, 0.5) is 0 Å². The Kier molecular flexibility index (Phi) is 8.40. The smallest absolute Gasteiger partial charge is 0.191 e. The monoisotopic (exact) mass is 430 g/mol. The third-order valence-electron chi connectivity index (χ3n) is 3.27. The Morgan fingerprint density at radius 3 is 2.59 bits per heavy atom. The Hall–Kier alpha value is -1.15. The van der Waals surface area contributed by atoms with Crippen molar-refractivity contribution in [2.45, 2.75) is 26.3 Å². The first-order chi connectivity index (χ1) is 10.2. The molecule has 2 aromatic rings. The molecule has 0 bridgehead atoms. The minimum absolute atomic E-state index is 0. The van der Waals surface area contributed by atoms with Gasteiger partial charge in [0, 0.05) is 24.7 Å². The molecule has 2 N–H and O–H groups in total. The van der Waals surface area contributed by atoms with Gasteiger partial charge in [-0.25, -0.2) is 4.98 Å². The van der Waals surface area contributed by atoms with Crippen molar-refractivity contribution in [1.82, 2.24) is 15.6 Å². The maximum Gasteiger partial charge on any atom is 0.191 e. The van der Waals surface area contributed by atoms with Crippen molar-refractivity contribution in [2.75, 3.05) is 13.6 Å². The van der Waals surface area contributed by atoms with Gasteiger partial charge in [-0.3, -0.25) is 4.99 Å². The largest absolute Gasteiger partial charge is 0.356 e. The van der Waals surface area contributed by atoms with Gasteiger partial charge < -0.3 is 10.6 Å². The topological polar surface area (TPSA) is 49.3 Å². The molecular weight excluding hydrogens is 407 g/mol. The third-order valence-corrected chi connectivity index (χ3v) is 4.18. The van der Waals surface area contributed by atoms with Crippen LogP contribution >= 0.6 is 35.3 Å². The molecule has 0 aliphatic carbocycles. The van der Waals surface area contributed by atoms with Crippen LogP contribution in [0, 0.1) is 6.92 Å². The summed E-state index contributed by atoms with van der Waals surface area (Å²) in [4.78, 5) is 9.72. The fourth-order valence-electron chi connectivity index (χ4n) is 2.03. The summed E-state index contributed by atoms with van der Waals surface area (Å²) >= 11 is 1.71. The van der Waals surface area contributed by atoms with Crippen LogP contribution < -0.4 is 10.6 Å². The summed E-state index contributed by atoms with van der Waals surface area (Å²) in [7, 11) is 1.79. The predicted molar refractivity (Wildman–Crippen MR) is 105 cm³/mol. The molecule has 1 unspecified atom stereocenters. The van der Waals surface area contributed by atoms with Crippen LogP contribution in [-0.2, 0) is 6.54 Å². The Morgan fingerprint density at radius 2 is 2.00 bits per heavy atom. The molecule has 0 amide bonds. The molecule has 0 radical (unpaired) electrons. The number of benzene rings is 1. The number of hydrogen-bond donors (Lipinski definition) is 2. The lowest BCUT2D eigenvalue weighted by Gasteiger charge is -2.16. The van der Waals surface area contributed by atoms with Crippen molar-refractivity contribution in [1.29, 1.82) is 0 Å². The van der Waals surface area contributed by atoms with Crippen molar-refractivity contribution in [3.8, 4) is 0 Å². The number of aliphatic imine (C=N–C) groups is 1. The van der Waals surface area contributed by atoms with Gasteiger partial charge in [0.25, 0.3) is 0 Å². The number of aromatic nitrogens is 1. The number of guanidine groups is 1. The molecule has 120 valence electrons. The number of aryl methyl sites for hydroxylation is 1. The highest BCUT2D eigenvalue weighted by Crippen LogP contribution is 2.13. The highest BCUT2D eigenvalue weighted by atomic mass is 127. The lowest BCUT2D eigenvalue weighted by molar-refractivity contribution is 0.700. The second kappa shape index (κ2) is 9.78. The number of rotatable bonds is 5. The van der Waals surface area contributed by atoms with E-state index >= 15 is 0 Å². The van der Waals surface area contributed by atoms with Crippen LogP contribution in [0.1, 0.15) is 28.3 Å². The second-order valence-corrected chi connectivity index (χ2v) is 6.28. The zero-order chi connectivity index (χ0) is 15.1. The summed E-state index contributed by atoms with van der Waals surface area (Å²) in [5.74, 6) is 1.26. The molecule has 0 spiro atoms. The molecule has 0 saturated heterocycles. The molecule has 2 rings (SSSR count). The average Bonchev–Trinajstić information content (AvgIpc) is 2.93. The van der Waals surface area contributed by atoms with Gasteiger partial charge in [-0.1, -0.05) is 37.3 Å².